The van der Waals surface area contributed by atoms with E-state index in [-0.39, 0.29) is 17.2 Å². The molecule has 0 aliphatic heterocycles. The highest BCUT2D eigenvalue weighted by molar-refractivity contribution is 5.94. The van der Waals surface area contributed by atoms with Crippen molar-refractivity contribution < 1.29 is 9.59 Å². The largest absolute Gasteiger partial charge is 0.353 e. The molecule has 0 spiro atoms. The summed E-state index contributed by atoms with van der Waals surface area (Å²) in [6, 6.07) is 6.76. The Hall–Kier alpha value is -1.88. The van der Waals surface area contributed by atoms with Crippen molar-refractivity contribution in [2.75, 3.05) is 13.1 Å². The average Bonchev–Trinajstić information content (AvgIpc) is 2.42. The van der Waals surface area contributed by atoms with Gasteiger partial charge in [0.2, 0.25) is 5.91 Å². The van der Waals surface area contributed by atoms with E-state index in [1.54, 1.807) is 12.1 Å². The van der Waals surface area contributed by atoms with Crippen molar-refractivity contribution >= 4 is 11.8 Å². The first-order valence-electron chi connectivity index (χ1n) is 7.10. The molecule has 116 valence electrons. The van der Waals surface area contributed by atoms with Crippen LogP contribution in [0.5, 0.6) is 0 Å². The van der Waals surface area contributed by atoms with Crippen molar-refractivity contribution in [2.24, 2.45) is 11.1 Å². The zero-order valence-corrected chi connectivity index (χ0v) is 13.2. The van der Waals surface area contributed by atoms with Crippen LogP contribution in [0.3, 0.4) is 0 Å². The number of hydrogen-bond acceptors (Lipinski definition) is 3. The standard InChI is InChI=1S/C16H25N3O2/c1-11-5-7-12(8-6-11)14(20)18-9-10-19-15(21)13(17)16(2,3)4/h5-8,13H,9-10,17H2,1-4H3,(H,18,20)(H,19,21). The molecule has 2 amide bonds. The molecule has 1 atom stereocenters. The Kier molecular flexibility index (Phi) is 5.90. The van der Waals surface area contributed by atoms with Crippen molar-refractivity contribution in [3.63, 3.8) is 0 Å². The lowest BCUT2D eigenvalue weighted by atomic mass is 9.87. The molecule has 0 aliphatic carbocycles. The van der Waals surface area contributed by atoms with E-state index in [9.17, 15) is 9.59 Å². The zero-order chi connectivity index (χ0) is 16.0. The molecule has 5 nitrogen and oxygen atoms in total. The summed E-state index contributed by atoms with van der Waals surface area (Å²) in [7, 11) is 0. The lowest BCUT2D eigenvalue weighted by molar-refractivity contribution is -0.124. The van der Waals surface area contributed by atoms with Gasteiger partial charge in [-0.2, -0.15) is 0 Å². The first-order valence-corrected chi connectivity index (χ1v) is 7.10. The number of nitrogens with one attached hydrogen (secondary N) is 2. The van der Waals surface area contributed by atoms with Crippen LogP contribution in [0.15, 0.2) is 24.3 Å². The molecule has 1 unspecified atom stereocenters. The summed E-state index contributed by atoms with van der Waals surface area (Å²) in [6.07, 6.45) is 0. The Morgan fingerprint density at radius 3 is 2.14 bits per heavy atom. The summed E-state index contributed by atoms with van der Waals surface area (Å²) >= 11 is 0. The molecule has 0 aromatic heterocycles. The fraction of sp³-hybridized carbons (Fsp3) is 0.500. The SMILES string of the molecule is Cc1ccc(C(=O)NCCNC(=O)C(N)C(C)(C)C)cc1. The second-order valence-corrected chi connectivity index (χ2v) is 6.26. The number of amides is 2. The van der Waals surface area contributed by atoms with Crippen molar-refractivity contribution in [2.45, 2.75) is 33.7 Å². The summed E-state index contributed by atoms with van der Waals surface area (Å²) in [4.78, 5) is 23.6. The Labute approximate surface area is 126 Å². The van der Waals surface area contributed by atoms with E-state index in [0.29, 0.717) is 18.7 Å². The number of hydrogen-bond donors (Lipinski definition) is 3. The van der Waals surface area contributed by atoms with Gasteiger partial charge in [-0.3, -0.25) is 9.59 Å². The van der Waals surface area contributed by atoms with Gasteiger partial charge >= 0.3 is 0 Å². The third kappa shape index (κ3) is 5.55. The monoisotopic (exact) mass is 291 g/mol. The Morgan fingerprint density at radius 2 is 1.62 bits per heavy atom. The molecule has 0 heterocycles. The van der Waals surface area contributed by atoms with Crippen LogP contribution >= 0.6 is 0 Å². The Morgan fingerprint density at radius 1 is 1.10 bits per heavy atom. The van der Waals surface area contributed by atoms with Gasteiger partial charge in [-0.25, -0.2) is 0 Å². The van der Waals surface area contributed by atoms with Gasteiger partial charge < -0.3 is 16.4 Å². The molecule has 0 bridgehead atoms. The number of nitrogens with two attached hydrogens (primary N) is 1. The van der Waals surface area contributed by atoms with Crippen molar-refractivity contribution in [1.82, 2.24) is 10.6 Å². The lowest BCUT2D eigenvalue weighted by Gasteiger charge is -2.25. The molecule has 0 radical (unpaired) electrons. The summed E-state index contributed by atoms with van der Waals surface area (Å²) < 4.78 is 0. The molecule has 5 heteroatoms. The van der Waals surface area contributed by atoms with Gasteiger partial charge in [0.25, 0.3) is 5.91 Å². The van der Waals surface area contributed by atoms with Crippen LogP contribution in [0.1, 0.15) is 36.7 Å². The molecule has 0 fully saturated rings. The topological polar surface area (TPSA) is 84.2 Å². The van der Waals surface area contributed by atoms with Crippen LogP contribution in [0.4, 0.5) is 0 Å². The Bertz CT molecular complexity index is 489. The van der Waals surface area contributed by atoms with Gasteiger partial charge in [-0.05, 0) is 24.5 Å². The van der Waals surface area contributed by atoms with E-state index < -0.39 is 6.04 Å². The highest BCUT2D eigenvalue weighted by atomic mass is 16.2. The van der Waals surface area contributed by atoms with Crippen LogP contribution in [-0.4, -0.2) is 30.9 Å². The van der Waals surface area contributed by atoms with Crippen molar-refractivity contribution in [1.29, 1.82) is 0 Å². The predicted octanol–water partition coefficient (Wildman–Crippen LogP) is 1.21. The fourth-order valence-corrected chi connectivity index (χ4v) is 1.67. The van der Waals surface area contributed by atoms with E-state index >= 15 is 0 Å². The number of aryl methyl sites for hydroxylation is 1. The highest BCUT2D eigenvalue weighted by Crippen LogP contribution is 2.16. The van der Waals surface area contributed by atoms with Crippen LogP contribution in [0.2, 0.25) is 0 Å². The minimum absolute atomic E-state index is 0.149. The molecular formula is C16H25N3O2. The van der Waals surface area contributed by atoms with Gasteiger partial charge in [0.05, 0.1) is 6.04 Å². The second-order valence-electron chi connectivity index (χ2n) is 6.26. The summed E-state index contributed by atoms with van der Waals surface area (Å²) in [5, 5.41) is 5.48. The van der Waals surface area contributed by atoms with Gasteiger partial charge in [-0.15, -0.1) is 0 Å². The van der Waals surface area contributed by atoms with Crippen LogP contribution in [0.25, 0.3) is 0 Å². The van der Waals surface area contributed by atoms with E-state index in [2.05, 4.69) is 10.6 Å². The number of benzene rings is 1. The van der Waals surface area contributed by atoms with Gasteiger partial charge in [0, 0.05) is 18.7 Å². The smallest absolute Gasteiger partial charge is 0.251 e. The second kappa shape index (κ2) is 7.22. The predicted molar refractivity (Wildman–Crippen MR) is 84.0 cm³/mol. The molecule has 0 saturated heterocycles. The fourth-order valence-electron chi connectivity index (χ4n) is 1.67. The van der Waals surface area contributed by atoms with E-state index in [1.165, 1.54) is 0 Å². The number of rotatable bonds is 5. The first-order chi connectivity index (χ1) is 9.71. The first kappa shape index (κ1) is 17.2. The number of carbonyl (C=O) groups is 2. The van der Waals surface area contributed by atoms with Crippen molar-refractivity contribution in [3.05, 3.63) is 35.4 Å². The average molecular weight is 291 g/mol. The van der Waals surface area contributed by atoms with E-state index in [1.807, 2.05) is 39.8 Å². The van der Waals surface area contributed by atoms with Gasteiger partial charge in [0.15, 0.2) is 0 Å². The maximum atomic E-state index is 11.8. The molecule has 21 heavy (non-hydrogen) atoms. The Balaban J connectivity index is 2.33. The summed E-state index contributed by atoms with van der Waals surface area (Å²) in [6.45, 7) is 8.44. The minimum atomic E-state index is -0.565. The minimum Gasteiger partial charge on any atom is -0.353 e. The molecule has 0 aliphatic rings. The molecule has 0 saturated carbocycles. The molecule has 1 aromatic carbocycles. The molecule has 1 aromatic rings. The number of carbonyl (C=O) groups excluding carboxylic acids is 2. The normalized spacial score (nSPS) is 12.6. The summed E-state index contributed by atoms with van der Waals surface area (Å²) in [5.41, 5.74) is 7.28. The van der Waals surface area contributed by atoms with Crippen LogP contribution in [0, 0.1) is 12.3 Å². The van der Waals surface area contributed by atoms with Gasteiger partial charge in [0.1, 0.15) is 0 Å². The third-order valence-electron chi connectivity index (χ3n) is 3.24. The zero-order valence-electron chi connectivity index (χ0n) is 13.2. The van der Waals surface area contributed by atoms with Crippen molar-refractivity contribution in [3.8, 4) is 0 Å². The molecule has 1 rings (SSSR count). The lowest BCUT2D eigenvalue weighted by Crippen LogP contribution is -2.49. The highest BCUT2D eigenvalue weighted by Gasteiger charge is 2.26. The van der Waals surface area contributed by atoms with Crippen LogP contribution in [-0.2, 0) is 4.79 Å². The van der Waals surface area contributed by atoms with E-state index in [0.717, 1.165) is 5.56 Å². The maximum Gasteiger partial charge on any atom is 0.251 e. The van der Waals surface area contributed by atoms with Gasteiger partial charge in [-0.1, -0.05) is 38.5 Å². The maximum absolute atomic E-state index is 11.8. The quantitative estimate of drug-likeness (QED) is 0.713. The van der Waals surface area contributed by atoms with E-state index in [4.69, 9.17) is 5.73 Å². The molecule has 4 N–H and O–H groups in total. The molecular weight excluding hydrogens is 266 g/mol. The third-order valence-corrected chi connectivity index (χ3v) is 3.24. The van der Waals surface area contributed by atoms with Crippen LogP contribution < -0.4 is 16.4 Å². The summed E-state index contributed by atoms with van der Waals surface area (Å²) in [5.74, 6) is -0.351.